The molecule has 2 aromatic carbocycles. The quantitative estimate of drug-likeness (QED) is 0.269. The van der Waals surface area contributed by atoms with Crippen LogP contribution in [0.5, 0.6) is 5.75 Å². The molecule has 0 aliphatic carbocycles. The monoisotopic (exact) mass is 520 g/mol. The van der Waals surface area contributed by atoms with E-state index in [1.807, 2.05) is 24.3 Å². The minimum Gasteiger partial charge on any atom is -0.497 e. The first kappa shape index (κ1) is 23.7. The van der Waals surface area contributed by atoms with Crippen LogP contribution in [-0.4, -0.2) is 41.4 Å². The maximum Gasteiger partial charge on any atom is 0.191 e. The van der Waals surface area contributed by atoms with Gasteiger partial charge in [0.05, 0.1) is 12.8 Å². The second-order valence-electron chi connectivity index (χ2n) is 6.82. The highest BCUT2D eigenvalue weighted by molar-refractivity contribution is 14.0. The number of nitrogens with zero attached hydrogens (tertiary/aromatic N) is 4. The molecule has 1 heterocycles. The van der Waals surface area contributed by atoms with Crippen molar-refractivity contribution in [1.29, 1.82) is 0 Å². The summed E-state index contributed by atoms with van der Waals surface area (Å²) in [5.41, 5.74) is 3.47. The summed E-state index contributed by atoms with van der Waals surface area (Å²) in [6, 6.07) is 16.5. The number of methoxy groups -OCH3 is 1. The maximum atomic E-state index is 5.22. The lowest BCUT2D eigenvalue weighted by Gasteiger charge is -2.15. The van der Waals surface area contributed by atoms with Crippen molar-refractivity contribution in [3.63, 3.8) is 0 Å². The average Bonchev–Trinajstić information content (AvgIpc) is 3.31. The molecule has 3 rings (SSSR count). The highest BCUT2D eigenvalue weighted by Gasteiger charge is 2.06. The Hall–Kier alpha value is -2.62. The number of ether oxygens (including phenoxy) is 1. The molecule has 1 atom stereocenters. The molecule has 0 saturated heterocycles. The van der Waals surface area contributed by atoms with Gasteiger partial charge in [0.2, 0.25) is 0 Å². The number of guanidine groups is 1. The lowest BCUT2D eigenvalue weighted by Crippen LogP contribution is -2.37. The van der Waals surface area contributed by atoms with E-state index in [2.05, 4.69) is 56.9 Å². The van der Waals surface area contributed by atoms with Crippen LogP contribution in [0, 0.1) is 0 Å². The largest absolute Gasteiger partial charge is 0.497 e. The van der Waals surface area contributed by atoms with E-state index in [0.29, 0.717) is 12.5 Å². The molecule has 3 aromatic rings. The van der Waals surface area contributed by atoms with E-state index in [1.165, 1.54) is 17.5 Å². The lowest BCUT2D eigenvalue weighted by atomic mass is 9.98. The van der Waals surface area contributed by atoms with Crippen molar-refractivity contribution in [1.82, 2.24) is 25.4 Å². The highest BCUT2D eigenvalue weighted by atomic mass is 127. The van der Waals surface area contributed by atoms with Crippen molar-refractivity contribution >= 4 is 29.9 Å². The lowest BCUT2D eigenvalue weighted by molar-refractivity contribution is 0.414. The first-order valence-corrected chi connectivity index (χ1v) is 9.72. The van der Waals surface area contributed by atoms with Crippen LogP contribution in [0.4, 0.5) is 0 Å². The molecule has 0 fully saturated rings. The van der Waals surface area contributed by atoms with Gasteiger partial charge in [-0.25, -0.2) is 9.67 Å². The Morgan fingerprint density at radius 3 is 2.43 bits per heavy atom. The van der Waals surface area contributed by atoms with Crippen LogP contribution in [-0.2, 0) is 6.54 Å². The van der Waals surface area contributed by atoms with E-state index in [1.54, 1.807) is 25.2 Å². The molecule has 1 aromatic heterocycles. The fraction of sp³-hybridized carbons (Fsp3) is 0.318. The van der Waals surface area contributed by atoms with Gasteiger partial charge in [0.15, 0.2) is 5.96 Å². The molecule has 0 amide bonds. The van der Waals surface area contributed by atoms with E-state index < -0.39 is 0 Å². The zero-order chi connectivity index (χ0) is 20.5. The van der Waals surface area contributed by atoms with Crippen molar-refractivity contribution in [3.05, 3.63) is 72.3 Å². The Kier molecular flexibility index (Phi) is 9.59. The first-order valence-electron chi connectivity index (χ1n) is 9.72. The van der Waals surface area contributed by atoms with E-state index in [-0.39, 0.29) is 24.0 Å². The Morgan fingerprint density at radius 1 is 1.10 bits per heavy atom. The van der Waals surface area contributed by atoms with Gasteiger partial charge in [0, 0.05) is 20.1 Å². The number of hydrogen-bond acceptors (Lipinski definition) is 4. The van der Waals surface area contributed by atoms with Crippen molar-refractivity contribution in [2.45, 2.75) is 25.8 Å². The van der Waals surface area contributed by atoms with Gasteiger partial charge in [-0.15, -0.1) is 24.0 Å². The number of aliphatic imine (C=N–C) groups is 1. The van der Waals surface area contributed by atoms with Crippen LogP contribution in [0.2, 0.25) is 0 Å². The second-order valence-corrected chi connectivity index (χ2v) is 6.82. The van der Waals surface area contributed by atoms with Crippen molar-refractivity contribution in [3.8, 4) is 11.4 Å². The van der Waals surface area contributed by atoms with Gasteiger partial charge in [-0.05, 0) is 47.7 Å². The van der Waals surface area contributed by atoms with Crippen molar-refractivity contribution in [2.24, 2.45) is 4.99 Å². The number of hydrogen-bond donors (Lipinski definition) is 2. The molecule has 1 unspecified atom stereocenters. The number of nitrogens with one attached hydrogen (secondary N) is 2. The average molecular weight is 520 g/mol. The molecule has 0 aliphatic heterocycles. The molecule has 0 bridgehead atoms. The minimum atomic E-state index is 0. The van der Waals surface area contributed by atoms with E-state index >= 15 is 0 Å². The van der Waals surface area contributed by atoms with Gasteiger partial charge in [-0.2, -0.15) is 5.10 Å². The molecule has 8 heteroatoms. The molecule has 0 saturated carbocycles. The number of halogens is 1. The van der Waals surface area contributed by atoms with Gasteiger partial charge < -0.3 is 15.4 Å². The number of aromatic nitrogens is 3. The standard InChI is InChI=1S/C22H28N6O.HI/c1-17(19-6-10-21(29-3)11-7-19)12-13-25-22(23-2)26-14-18-4-8-20(9-5-18)28-16-24-15-27-28;/h4-11,15-17H,12-14H2,1-3H3,(H2,23,25,26);1H. The predicted molar refractivity (Wildman–Crippen MR) is 131 cm³/mol. The molecule has 0 radical (unpaired) electrons. The Balaban J connectivity index is 0.00000320. The third kappa shape index (κ3) is 6.72. The van der Waals surface area contributed by atoms with Crippen LogP contribution in [0.25, 0.3) is 5.69 Å². The maximum absolute atomic E-state index is 5.22. The van der Waals surface area contributed by atoms with Crippen molar-refractivity contribution in [2.75, 3.05) is 20.7 Å². The summed E-state index contributed by atoms with van der Waals surface area (Å²) in [5.74, 6) is 2.14. The van der Waals surface area contributed by atoms with Crippen LogP contribution >= 0.6 is 24.0 Å². The van der Waals surface area contributed by atoms with Crippen LogP contribution < -0.4 is 15.4 Å². The third-order valence-electron chi connectivity index (χ3n) is 4.86. The smallest absolute Gasteiger partial charge is 0.191 e. The summed E-state index contributed by atoms with van der Waals surface area (Å²) >= 11 is 0. The van der Waals surface area contributed by atoms with Crippen LogP contribution in [0.15, 0.2) is 66.2 Å². The summed E-state index contributed by atoms with van der Waals surface area (Å²) in [6.07, 6.45) is 4.23. The molecular formula is C22H29IN6O. The fourth-order valence-corrected chi connectivity index (χ4v) is 3.02. The molecule has 160 valence electrons. The first-order chi connectivity index (χ1) is 14.2. The summed E-state index contributed by atoms with van der Waals surface area (Å²) in [7, 11) is 3.47. The van der Waals surface area contributed by atoms with E-state index in [0.717, 1.165) is 30.4 Å². The second kappa shape index (κ2) is 12.2. The molecule has 0 spiro atoms. The van der Waals surface area contributed by atoms with Gasteiger partial charge in [-0.1, -0.05) is 31.2 Å². The summed E-state index contributed by atoms with van der Waals surface area (Å²) in [4.78, 5) is 8.28. The van der Waals surface area contributed by atoms with Gasteiger partial charge >= 0.3 is 0 Å². The molecular weight excluding hydrogens is 491 g/mol. The highest BCUT2D eigenvalue weighted by Crippen LogP contribution is 2.21. The number of benzene rings is 2. The summed E-state index contributed by atoms with van der Waals surface area (Å²) < 4.78 is 6.96. The van der Waals surface area contributed by atoms with Gasteiger partial charge in [0.25, 0.3) is 0 Å². The molecule has 30 heavy (non-hydrogen) atoms. The van der Waals surface area contributed by atoms with E-state index in [4.69, 9.17) is 4.74 Å². The summed E-state index contributed by atoms with van der Waals surface area (Å²) in [6.45, 7) is 3.78. The SMILES string of the molecule is CN=C(NCCC(C)c1ccc(OC)cc1)NCc1ccc(-n2cncn2)cc1.I. The fourth-order valence-electron chi connectivity index (χ4n) is 3.02. The summed E-state index contributed by atoms with van der Waals surface area (Å²) in [5, 5.41) is 10.9. The minimum absolute atomic E-state index is 0. The Bertz CT molecular complexity index is 894. The van der Waals surface area contributed by atoms with Crippen LogP contribution in [0.1, 0.15) is 30.4 Å². The number of rotatable bonds is 8. The normalized spacial score (nSPS) is 12.0. The molecule has 7 nitrogen and oxygen atoms in total. The van der Waals surface area contributed by atoms with Gasteiger partial charge in [0.1, 0.15) is 18.4 Å². The molecule has 2 N–H and O–H groups in total. The Morgan fingerprint density at radius 2 is 1.83 bits per heavy atom. The zero-order valence-corrected chi connectivity index (χ0v) is 19.9. The van der Waals surface area contributed by atoms with E-state index in [9.17, 15) is 0 Å². The van der Waals surface area contributed by atoms with Crippen LogP contribution in [0.3, 0.4) is 0 Å². The Labute approximate surface area is 195 Å². The van der Waals surface area contributed by atoms with Gasteiger partial charge in [-0.3, -0.25) is 4.99 Å². The topological polar surface area (TPSA) is 76.4 Å². The third-order valence-corrected chi connectivity index (χ3v) is 4.86. The molecule has 0 aliphatic rings. The predicted octanol–water partition coefficient (Wildman–Crippen LogP) is 3.75. The van der Waals surface area contributed by atoms with Crippen molar-refractivity contribution < 1.29 is 4.74 Å². The zero-order valence-electron chi connectivity index (χ0n) is 17.6.